The second-order valence-corrected chi connectivity index (χ2v) is 5.72. The number of benzene rings is 1. The van der Waals surface area contributed by atoms with Crippen LogP contribution in [0.3, 0.4) is 0 Å². The molecule has 0 radical (unpaired) electrons. The molecule has 2 heterocycles. The van der Waals surface area contributed by atoms with Crippen molar-refractivity contribution in [2.75, 3.05) is 5.73 Å². The van der Waals surface area contributed by atoms with Crippen LogP contribution in [-0.2, 0) is 5.75 Å². The number of oxazole rings is 1. The zero-order valence-electron chi connectivity index (χ0n) is 11.6. The number of nitrogens with two attached hydrogens (primary N) is 1. The third-order valence-corrected chi connectivity index (χ3v) is 3.95. The van der Waals surface area contributed by atoms with Crippen molar-refractivity contribution in [1.29, 1.82) is 0 Å². The molecule has 0 bridgehead atoms. The van der Waals surface area contributed by atoms with Gasteiger partial charge in [0, 0.05) is 11.3 Å². The van der Waals surface area contributed by atoms with Crippen molar-refractivity contribution < 1.29 is 4.42 Å². The molecule has 3 rings (SSSR count). The number of pyridine rings is 1. The number of thioether (sulfide) groups is 1. The summed E-state index contributed by atoms with van der Waals surface area (Å²) < 4.78 is 5.53. The molecule has 0 saturated carbocycles. The average Bonchev–Trinajstić information content (AvgIpc) is 2.96. The Labute approximate surface area is 127 Å². The van der Waals surface area contributed by atoms with Crippen molar-refractivity contribution in [2.45, 2.75) is 17.7 Å². The van der Waals surface area contributed by atoms with Crippen molar-refractivity contribution >= 4 is 17.4 Å². The maximum absolute atomic E-state index is 5.61. The van der Waals surface area contributed by atoms with Gasteiger partial charge in [-0.1, -0.05) is 29.5 Å². The standard InChI is InChI=1S/C16H15N3OS/c1-11-2-4-12(5-3-11)16-19-14(9-20-16)10-21-15-7-6-13(17)8-18-15/h2-9H,10,17H2,1H3. The molecule has 1 aromatic carbocycles. The molecule has 0 aliphatic rings. The quantitative estimate of drug-likeness (QED) is 0.739. The number of rotatable bonds is 4. The van der Waals surface area contributed by atoms with E-state index >= 15 is 0 Å². The van der Waals surface area contributed by atoms with Gasteiger partial charge in [0.25, 0.3) is 0 Å². The Kier molecular flexibility index (Phi) is 3.92. The summed E-state index contributed by atoms with van der Waals surface area (Å²) in [6, 6.07) is 11.9. The zero-order valence-corrected chi connectivity index (χ0v) is 12.4. The summed E-state index contributed by atoms with van der Waals surface area (Å²) in [5.74, 6) is 1.36. The molecule has 106 valence electrons. The third kappa shape index (κ3) is 3.44. The number of nitrogen functional groups attached to an aromatic ring is 1. The van der Waals surface area contributed by atoms with Gasteiger partial charge in [0.1, 0.15) is 6.26 Å². The molecule has 3 aromatic rings. The minimum Gasteiger partial charge on any atom is -0.444 e. The highest BCUT2D eigenvalue weighted by molar-refractivity contribution is 7.98. The maximum atomic E-state index is 5.61. The Morgan fingerprint density at radius 1 is 1.14 bits per heavy atom. The van der Waals surface area contributed by atoms with Gasteiger partial charge < -0.3 is 10.2 Å². The lowest BCUT2D eigenvalue weighted by Gasteiger charge is -1.98. The molecular weight excluding hydrogens is 282 g/mol. The Hall–Kier alpha value is -2.27. The molecular formula is C16H15N3OS. The van der Waals surface area contributed by atoms with Gasteiger partial charge in [0.15, 0.2) is 0 Å². The molecule has 2 N–H and O–H groups in total. The van der Waals surface area contributed by atoms with E-state index in [1.165, 1.54) is 5.56 Å². The second-order valence-electron chi connectivity index (χ2n) is 4.73. The van der Waals surface area contributed by atoms with Crippen molar-refractivity contribution in [2.24, 2.45) is 0 Å². The Morgan fingerprint density at radius 2 is 1.95 bits per heavy atom. The summed E-state index contributed by atoms with van der Waals surface area (Å²) in [5.41, 5.74) is 9.39. The lowest BCUT2D eigenvalue weighted by Crippen LogP contribution is -1.87. The molecule has 0 spiro atoms. The fourth-order valence-corrected chi connectivity index (χ4v) is 2.55. The van der Waals surface area contributed by atoms with Crippen LogP contribution in [0.25, 0.3) is 11.5 Å². The smallest absolute Gasteiger partial charge is 0.226 e. The van der Waals surface area contributed by atoms with Crippen molar-refractivity contribution in [1.82, 2.24) is 9.97 Å². The summed E-state index contributed by atoms with van der Waals surface area (Å²) >= 11 is 1.60. The largest absolute Gasteiger partial charge is 0.444 e. The molecule has 0 amide bonds. The number of anilines is 1. The summed E-state index contributed by atoms with van der Waals surface area (Å²) in [6.07, 6.45) is 3.35. The molecule has 0 aliphatic heterocycles. The minimum absolute atomic E-state index is 0.649. The van der Waals surface area contributed by atoms with Crippen LogP contribution >= 0.6 is 11.8 Å². The predicted molar refractivity (Wildman–Crippen MR) is 84.9 cm³/mol. The fraction of sp³-hybridized carbons (Fsp3) is 0.125. The predicted octanol–water partition coefficient (Wildman–Crippen LogP) is 3.92. The summed E-state index contributed by atoms with van der Waals surface area (Å²) in [6.45, 7) is 2.06. The van der Waals surface area contributed by atoms with Gasteiger partial charge in [-0.2, -0.15) is 0 Å². The molecule has 21 heavy (non-hydrogen) atoms. The van der Waals surface area contributed by atoms with E-state index in [4.69, 9.17) is 10.2 Å². The highest BCUT2D eigenvalue weighted by atomic mass is 32.2. The summed E-state index contributed by atoms with van der Waals surface area (Å²) in [5, 5.41) is 0.920. The minimum atomic E-state index is 0.649. The van der Waals surface area contributed by atoms with E-state index in [-0.39, 0.29) is 0 Å². The second kappa shape index (κ2) is 6.01. The Balaban J connectivity index is 1.67. The number of aryl methyl sites for hydroxylation is 1. The number of hydrogen-bond donors (Lipinski definition) is 1. The fourth-order valence-electron chi connectivity index (χ4n) is 1.83. The van der Waals surface area contributed by atoms with Crippen LogP contribution in [-0.4, -0.2) is 9.97 Å². The first-order valence-electron chi connectivity index (χ1n) is 6.56. The summed E-state index contributed by atoms with van der Waals surface area (Å²) in [7, 11) is 0. The lowest BCUT2D eigenvalue weighted by molar-refractivity contribution is 0.573. The summed E-state index contributed by atoms with van der Waals surface area (Å²) in [4.78, 5) is 8.75. The van der Waals surface area contributed by atoms with Crippen molar-refractivity contribution in [3.05, 3.63) is 60.1 Å². The van der Waals surface area contributed by atoms with E-state index in [0.717, 1.165) is 16.3 Å². The lowest BCUT2D eigenvalue weighted by atomic mass is 10.1. The van der Waals surface area contributed by atoms with Crippen molar-refractivity contribution in [3.63, 3.8) is 0 Å². The topological polar surface area (TPSA) is 64.9 Å². The SMILES string of the molecule is Cc1ccc(-c2nc(CSc3ccc(N)cn3)co2)cc1. The Bertz CT molecular complexity index is 720. The van der Waals surface area contributed by atoms with Crippen LogP contribution in [0.15, 0.2) is 58.3 Å². The van der Waals surface area contributed by atoms with Gasteiger partial charge >= 0.3 is 0 Å². The molecule has 4 nitrogen and oxygen atoms in total. The van der Waals surface area contributed by atoms with Gasteiger partial charge in [0.05, 0.1) is 22.6 Å². The highest BCUT2D eigenvalue weighted by Crippen LogP contribution is 2.24. The first-order chi connectivity index (χ1) is 10.2. The third-order valence-electron chi connectivity index (χ3n) is 2.98. The van der Waals surface area contributed by atoms with Gasteiger partial charge in [-0.3, -0.25) is 0 Å². The molecule has 2 aromatic heterocycles. The van der Waals surface area contributed by atoms with E-state index < -0.39 is 0 Å². The van der Waals surface area contributed by atoms with Gasteiger partial charge in [-0.25, -0.2) is 9.97 Å². The van der Waals surface area contributed by atoms with E-state index in [1.54, 1.807) is 24.2 Å². The Morgan fingerprint density at radius 3 is 2.67 bits per heavy atom. The maximum Gasteiger partial charge on any atom is 0.226 e. The molecule has 0 aliphatic carbocycles. The number of aromatic nitrogens is 2. The van der Waals surface area contributed by atoms with Crippen LogP contribution in [0.1, 0.15) is 11.3 Å². The van der Waals surface area contributed by atoms with E-state index in [9.17, 15) is 0 Å². The average molecular weight is 297 g/mol. The van der Waals surface area contributed by atoms with Crippen LogP contribution in [0.4, 0.5) is 5.69 Å². The van der Waals surface area contributed by atoms with Crippen molar-refractivity contribution in [3.8, 4) is 11.5 Å². The van der Waals surface area contributed by atoms with Gasteiger partial charge in [-0.05, 0) is 31.2 Å². The molecule has 5 heteroatoms. The van der Waals surface area contributed by atoms with Crippen LogP contribution < -0.4 is 5.73 Å². The van der Waals surface area contributed by atoms with E-state index in [0.29, 0.717) is 17.3 Å². The monoisotopic (exact) mass is 297 g/mol. The first-order valence-corrected chi connectivity index (χ1v) is 7.55. The highest BCUT2D eigenvalue weighted by Gasteiger charge is 2.07. The first kappa shape index (κ1) is 13.7. The van der Waals surface area contributed by atoms with Crippen LogP contribution in [0, 0.1) is 6.92 Å². The molecule has 0 fully saturated rings. The van der Waals surface area contributed by atoms with Gasteiger partial charge in [0.2, 0.25) is 5.89 Å². The molecule has 0 atom stereocenters. The van der Waals surface area contributed by atoms with E-state index in [2.05, 4.69) is 16.9 Å². The molecule has 0 unspecified atom stereocenters. The van der Waals surface area contributed by atoms with E-state index in [1.807, 2.05) is 36.4 Å². The zero-order chi connectivity index (χ0) is 14.7. The number of hydrogen-bond acceptors (Lipinski definition) is 5. The van der Waals surface area contributed by atoms with Gasteiger partial charge in [-0.15, -0.1) is 0 Å². The van der Waals surface area contributed by atoms with Crippen LogP contribution in [0.5, 0.6) is 0 Å². The van der Waals surface area contributed by atoms with Crippen LogP contribution in [0.2, 0.25) is 0 Å². The normalized spacial score (nSPS) is 10.7. The number of nitrogens with zero attached hydrogens (tertiary/aromatic N) is 2. The molecule has 0 saturated heterocycles.